The van der Waals surface area contributed by atoms with Gasteiger partial charge in [-0.15, -0.1) is 0 Å². The first-order chi connectivity index (χ1) is 8.69. The molecule has 3 heteroatoms. The average Bonchev–Trinajstić information content (AvgIpc) is 2.41. The molecular weight excluding hydrogens is 226 g/mol. The van der Waals surface area contributed by atoms with E-state index in [9.17, 15) is 5.11 Å². The van der Waals surface area contributed by atoms with Gasteiger partial charge in [0.15, 0.2) is 0 Å². The van der Waals surface area contributed by atoms with E-state index in [2.05, 4.69) is 24.1 Å². The molecular formula is C15H23NO2. The molecule has 1 aliphatic carbocycles. The SMILES string of the molecule is COc1cccc(N(C)CC2CCC(O)CC2)c1. The Kier molecular flexibility index (Phi) is 4.48. The molecule has 1 aromatic carbocycles. The third-order valence-electron chi connectivity index (χ3n) is 3.84. The second-order valence-electron chi connectivity index (χ2n) is 5.26. The van der Waals surface area contributed by atoms with Crippen LogP contribution in [0, 0.1) is 5.92 Å². The highest BCUT2D eigenvalue weighted by atomic mass is 16.5. The van der Waals surface area contributed by atoms with E-state index in [-0.39, 0.29) is 6.10 Å². The van der Waals surface area contributed by atoms with Crippen molar-refractivity contribution in [3.8, 4) is 5.75 Å². The second-order valence-corrected chi connectivity index (χ2v) is 5.26. The van der Waals surface area contributed by atoms with Crippen LogP contribution in [0.3, 0.4) is 0 Å². The fourth-order valence-corrected chi connectivity index (χ4v) is 2.67. The summed E-state index contributed by atoms with van der Waals surface area (Å²) in [6.07, 6.45) is 4.11. The van der Waals surface area contributed by atoms with Crippen molar-refractivity contribution in [1.82, 2.24) is 0 Å². The Morgan fingerprint density at radius 1 is 1.28 bits per heavy atom. The van der Waals surface area contributed by atoms with Gasteiger partial charge < -0.3 is 14.7 Å². The minimum atomic E-state index is -0.0663. The van der Waals surface area contributed by atoms with Crippen molar-refractivity contribution < 1.29 is 9.84 Å². The van der Waals surface area contributed by atoms with Crippen molar-refractivity contribution in [3.63, 3.8) is 0 Å². The Balaban J connectivity index is 1.92. The molecule has 0 heterocycles. The molecule has 1 aromatic rings. The lowest BCUT2D eigenvalue weighted by Crippen LogP contribution is -2.29. The summed E-state index contributed by atoms with van der Waals surface area (Å²) in [5.41, 5.74) is 1.19. The van der Waals surface area contributed by atoms with Gasteiger partial charge in [-0.05, 0) is 43.7 Å². The zero-order valence-corrected chi connectivity index (χ0v) is 11.3. The molecule has 1 aliphatic rings. The summed E-state index contributed by atoms with van der Waals surface area (Å²) in [5.74, 6) is 1.60. The van der Waals surface area contributed by atoms with Crippen LogP contribution < -0.4 is 9.64 Å². The van der Waals surface area contributed by atoms with Gasteiger partial charge in [0.2, 0.25) is 0 Å². The van der Waals surface area contributed by atoms with Crippen molar-refractivity contribution in [2.24, 2.45) is 5.92 Å². The van der Waals surface area contributed by atoms with Crippen LogP contribution in [0.25, 0.3) is 0 Å². The maximum Gasteiger partial charge on any atom is 0.120 e. The second kappa shape index (κ2) is 6.10. The zero-order valence-electron chi connectivity index (χ0n) is 11.3. The van der Waals surface area contributed by atoms with E-state index in [0.29, 0.717) is 5.92 Å². The van der Waals surface area contributed by atoms with Crippen LogP contribution >= 0.6 is 0 Å². The van der Waals surface area contributed by atoms with Crippen molar-refractivity contribution in [1.29, 1.82) is 0 Å². The summed E-state index contributed by atoms with van der Waals surface area (Å²) in [7, 11) is 3.82. The highest BCUT2D eigenvalue weighted by molar-refractivity contribution is 5.50. The average molecular weight is 249 g/mol. The quantitative estimate of drug-likeness (QED) is 0.890. The van der Waals surface area contributed by atoms with E-state index < -0.39 is 0 Å². The molecule has 0 saturated heterocycles. The maximum atomic E-state index is 9.52. The number of ether oxygens (including phenoxy) is 1. The lowest BCUT2D eigenvalue weighted by Gasteiger charge is -2.30. The van der Waals surface area contributed by atoms with Gasteiger partial charge in [-0.2, -0.15) is 0 Å². The number of benzene rings is 1. The van der Waals surface area contributed by atoms with Gasteiger partial charge in [-0.3, -0.25) is 0 Å². The van der Waals surface area contributed by atoms with Gasteiger partial charge in [0.1, 0.15) is 5.75 Å². The van der Waals surface area contributed by atoms with Crippen molar-refractivity contribution in [3.05, 3.63) is 24.3 Å². The zero-order chi connectivity index (χ0) is 13.0. The summed E-state index contributed by atoms with van der Waals surface area (Å²) in [4.78, 5) is 2.28. The first kappa shape index (κ1) is 13.2. The van der Waals surface area contributed by atoms with Crippen LogP contribution in [0.2, 0.25) is 0 Å². The molecule has 100 valence electrons. The summed E-state index contributed by atoms with van der Waals surface area (Å²) < 4.78 is 5.25. The van der Waals surface area contributed by atoms with Crippen LogP contribution in [0.1, 0.15) is 25.7 Å². The topological polar surface area (TPSA) is 32.7 Å². The molecule has 1 N–H and O–H groups in total. The predicted molar refractivity (Wildman–Crippen MR) is 74.2 cm³/mol. The minimum absolute atomic E-state index is 0.0663. The van der Waals surface area contributed by atoms with E-state index in [0.717, 1.165) is 38.0 Å². The Morgan fingerprint density at radius 3 is 2.67 bits per heavy atom. The van der Waals surface area contributed by atoms with E-state index in [1.165, 1.54) is 5.69 Å². The molecule has 0 radical (unpaired) electrons. The minimum Gasteiger partial charge on any atom is -0.497 e. The lowest BCUT2D eigenvalue weighted by atomic mass is 9.87. The van der Waals surface area contributed by atoms with Crippen LogP contribution in [-0.2, 0) is 0 Å². The largest absolute Gasteiger partial charge is 0.497 e. The number of rotatable bonds is 4. The van der Waals surface area contributed by atoms with E-state index in [1.54, 1.807) is 7.11 Å². The van der Waals surface area contributed by atoms with Crippen molar-refractivity contribution >= 4 is 5.69 Å². The summed E-state index contributed by atoms with van der Waals surface area (Å²) in [5, 5.41) is 9.52. The third-order valence-corrected chi connectivity index (χ3v) is 3.84. The van der Waals surface area contributed by atoms with Gasteiger partial charge in [0.05, 0.1) is 13.2 Å². The van der Waals surface area contributed by atoms with Gasteiger partial charge in [0.25, 0.3) is 0 Å². The Bertz CT molecular complexity index is 373. The summed E-state index contributed by atoms with van der Waals surface area (Å²) in [6, 6.07) is 8.17. The van der Waals surface area contributed by atoms with Crippen molar-refractivity contribution in [2.75, 3.05) is 25.6 Å². The first-order valence-corrected chi connectivity index (χ1v) is 6.72. The van der Waals surface area contributed by atoms with Crippen LogP contribution in [0.4, 0.5) is 5.69 Å². The highest BCUT2D eigenvalue weighted by Gasteiger charge is 2.20. The molecule has 0 aliphatic heterocycles. The smallest absolute Gasteiger partial charge is 0.120 e. The molecule has 0 unspecified atom stereocenters. The maximum absolute atomic E-state index is 9.52. The molecule has 0 bridgehead atoms. The lowest BCUT2D eigenvalue weighted by molar-refractivity contribution is 0.110. The Hall–Kier alpha value is -1.22. The number of anilines is 1. The normalized spacial score (nSPS) is 23.7. The fraction of sp³-hybridized carbons (Fsp3) is 0.600. The molecule has 0 atom stereocenters. The molecule has 3 nitrogen and oxygen atoms in total. The van der Waals surface area contributed by atoms with Crippen LogP contribution in [-0.4, -0.2) is 31.9 Å². The Morgan fingerprint density at radius 2 is 2.00 bits per heavy atom. The molecule has 2 rings (SSSR count). The van der Waals surface area contributed by atoms with E-state index in [1.807, 2.05) is 12.1 Å². The molecule has 0 amide bonds. The summed E-state index contributed by atoms with van der Waals surface area (Å²) >= 11 is 0. The van der Waals surface area contributed by atoms with Crippen molar-refractivity contribution in [2.45, 2.75) is 31.8 Å². The van der Waals surface area contributed by atoms with E-state index in [4.69, 9.17) is 4.74 Å². The molecule has 0 spiro atoms. The highest BCUT2D eigenvalue weighted by Crippen LogP contribution is 2.27. The number of hydrogen-bond donors (Lipinski definition) is 1. The number of methoxy groups -OCH3 is 1. The van der Waals surface area contributed by atoms with Gasteiger partial charge in [0, 0.05) is 25.3 Å². The van der Waals surface area contributed by atoms with Gasteiger partial charge in [-0.1, -0.05) is 6.07 Å². The molecule has 1 saturated carbocycles. The number of nitrogens with zero attached hydrogens (tertiary/aromatic N) is 1. The summed E-state index contributed by atoms with van der Waals surface area (Å²) in [6.45, 7) is 1.06. The van der Waals surface area contributed by atoms with Gasteiger partial charge >= 0.3 is 0 Å². The van der Waals surface area contributed by atoms with Gasteiger partial charge in [-0.25, -0.2) is 0 Å². The monoisotopic (exact) mass is 249 g/mol. The predicted octanol–water partition coefficient (Wildman–Crippen LogP) is 2.68. The molecule has 1 fully saturated rings. The molecule has 18 heavy (non-hydrogen) atoms. The molecule has 0 aromatic heterocycles. The standard InChI is InChI=1S/C15H23NO2/c1-16(11-12-6-8-14(17)9-7-12)13-4-3-5-15(10-13)18-2/h3-5,10,12,14,17H,6-9,11H2,1-2H3. The number of hydrogen-bond acceptors (Lipinski definition) is 3. The number of aliphatic hydroxyl groups excluding tert-OH is 1. The number of aliphatic hydroxyl groups is 1. The Labute approximate surface area is 109 Å². The third kappa shape index (κ3) is 3.39. The van der Waals surface area contributed by atoms with Crippen LogP contribution in [0.15, 0.2) is 24.3 Å². The van der Waals surface area contributed by atoms with Crippen LogP contribution in [0.5, 0.6) is 5.75 Å². The first-order valence-electron chi connectivity index (χ1n) is 6.72. The van der Waals surface area contributed by atoms with E-state index >= 15 is 0 Å². The fourth-order valence-electron chi connectivity index (χ4n) is 2.67.